The molecule has 0 amide bonds. The van der Waals surface area contributed by atoms with Gasteiger partial charge in [0.05, 0.1) is 40.7 Å². The number of nitriles is 2. The third kappa shape index (κ3) is 4.05. The van der Waals surface area contributed by atoms with Crippen LogP contribution in [0.3, 0.4) is 0 Å². The first-order valence-corrected chi connectivity index (χ1v) is 7.56. The maximum Gasteiger partial charge on any atom is 0.417 e. The lowest BCUT2D eigenvalue weighted by molar-refractivity contribution is -0.137. The maximum absolute atomic E-state index is 13.1. The summed E-state index contributed by atoms with van der Waals surface area (Å²) in [5.74, 6) is 0.515. The Bertz CT molecular complexity index is 1040. The lowest BCUT2D eigenvalue weighted by atomic mass is 10.1. The Kier molecular flexibility index (Phi) is 4.77. The minimum atomic E-state index is -4.65. The molecule has 0 spiro atoms. The van der Waals surface area contributed by atoms with Gasteiger partial charge in [0, 0.05) is 0 Å². The quantitative estimate of drug-likeness (QED) is 0.701. The van der Waals surface area contributed by atoms with Crippen LogP contribution in [0.1, 0.15) is 22.4 Å². The van der Waals surface area contributed by atoms with Crippen LogP contribution < -0.4 is 4.74 Å². The molecule has 0 fully saturated rings. The summed E-state index contributed by atoms with van der Waals surface area (Å²) in [6.07, 6.45) is -3.21. The Morgan fingerprint density at radius 2 is 1.78 bits per heavy atom. The number of rotatable bonds is 4. The lowest BCUT2D eigenvalue weighted by Gasteiger charge is -2.10. The molecule has 9 heteroatoms. The second-order valence-corrected chi connectivity index (χ2v) is 5.42. The van der Waals surface area contributed by atoms with E-state index in [1.54, 1.807) is 24.3 Å². The Morgan fingerprint density at radius 1 is 1.04 bits per heavy atom. The minimum absolute atomic E-state index is 0.0499. The van der Waals surface area contributed by atoms with Crippen molar-refractivity contribution in [3.63, 3.8) is 0 Å². The van der Waals surface area contributed by atoms with E-state index in [-0.39, 0.29) is 12.3 Å². The first kappa shape index (κ1) is 18.0. The fourth-order valence-corrected chi connectivity index (χ4v) is 2.28. The summed E-state index contributed by atoms with van der Waals surface area (Å²) in [6.45, 7) is 0.0499. The number of hydrogen-bond donors (Lipinski definition) is 0. The molecule has 6 nitrogen and oxygen atoms in total. The number of nitrogens with zero attached hydrogens (tertiary/aromatic N) is 5. The molecule has 0 aliphatic heterocycles. The number of ether oxygens (including phenoxy) is 1. The van der Waals surface area contributed by atoms with Gasteiger partial charge in [-0.1, -0.05) is 5.21 Å². The third-order valence-corrected chi connectivity index (χ3v) is 3.60. The van der Waals surface area contributed by atoms with Crippen LogP contribution >= 0.6 is 0 Å². The highest BCUT2D eigenvalue weighted by Crippen LogP contribution is 2.33. The Hall–Kier alpha value is -3.85. The van der Waals surface area contributed by atoms with Gasteiger partial charge in [-0.25, -0.2) is 4.68 Å². The molecule has 1 aromatic heterocycles. The van der Waals surface area contributed by atoms with Gasteiger partial charge in [-0.2, -0.15) is 23.7 Å². The molecule has 0 aliphatic rings. The molecule has 0 aliphatic carbocycles. The van der Waals surface area contributed by atoms with Crippen molar-refractivity contribution in [2.45, 2.75) is 12.8 Å². The van der Waals surface area contributed by atoms with Gasteiger partial charge in [-0.05, 0) is 42.5 Å². The van der Waals surface area contributed by atoms with E-state index in [1.807, 2.05) is 6.07 Å². The van der Waals surface area contributed by atoms with Crippen molar-refractivity contribution >= 4 is 0 Å². The molecular formula is C18H10F3N5O. The highest BCUT2D eigenvalue weighted by atomic mass is 19.4. The molecule has 27 heavy (non-hydrogen) atoms. The summed E-state index contributed by atoms with van der Waals surface area (Å²) >= 11 is 0. The predicted molar refractivity (Wildman–Crippen MR) is 86.6 cm³/mol. The summed E-state index contributed by atoms with van der Waals surface area (Å²) in [5.41, 5.74) is -0.477. The Balaban J connectivity index is 1.77. The van der Waals surface area contributed by atoms with Crippen LogP contribution in [0.2, 0.25) is 0 Å². The molecule has 0 atom stereocenters. The zero-order chi connectivity index (χ0) is 19.4. The van der Waals surface area contributed by atoms with E-state index in [4.69, 9.17) is 15.3 Å². The van der Waals surface area contributed by atoms with E-state index in [9.17, 15) is 13.2 Å². The van der Waals surface area contributed by atoms with Gasteiger partial charge in [-0.15, -0.1) is 5.10 Å². The highest BCUT2D eigenvalue weighted by Gasteiger charge is 2.34. The summed E-state index contributed by atoms with van der Waals surface area (Å²) in [7, 11) is 0. The van der Waals surface area contributed by atoms with Crippen LogP contribution in [-0.4, -0.2) is 15.0 Å². The molecular weight excluding hydrogens is 359 g/mol. The van der Waals surface area contributed by atoms with E-state index in [0.29, 0.717) is 17.0 Å². The van der Waals surface area contributed by atoms with Gasteiger partial charge < -0.3 is 4.74 Å². The minimum Gasteiger partial charge on any atom is -0.487 e. The summed E-state index contributed by atoms with van der Waals surface area (Å²) in [5, 5.41) is 25.3. The number of hydrogen-bond acceptors (Lipinski definition) is 5. The van der Waals surface area contributed by atoms with Crippen molar-refractivity contribution in [3.05, 3.63) is 71.0 Å². The van der Waals surface area contributed by atoms with Gasteiger partial charge in [0.25, 0.3) is 0 Å². The van der Waals surface area contributed by atoms with E-state index < -0.39 is 17.3 Å². The average Bonchev–Trinajstić information content (AvgIpc) is 3.14. The normalized spacial score (nSPS) is 10.9. The molecule has 3 aromatic rings. The van der Waals surface area contributed by atoms with Crippen molar-refractivity contribution in [3.8, 4) is 23.6 Å². The first-order chi connectivity index (χ1) is 12.9. The van der Waals surface area contributed by atoms with Gasteiger partial charge in [-0.3, -0.25) is 0 Å². The molecule has 0 saturated carbocycles. The second-order valence-electron chi connectivity index (χ2n) is 5.42. The van der Waals surface area contributed by atoms with Gasteiger partial charge in [0.15, 0.2) is 0 Å². The van der Waals surface area contributed by atoms with Crippen LogP contribution in [0.4, 0.5) is 13.2 Å². The van der Waals surface area contributed by atoms with Gasteiger partial charge >= 0.3 is 6.18 Å². The molecule has 3 rings (SSSR count). The number of alkyl halides is 3. The molecule has 0 unspecified atom stereocenters. The van der Waals surface area contributed by atoms with Gasteiger partial charge in [0.2, 0.25) is 0 Å². The fraction of sp³-hybridized carbons (Fsp3) is 0.111. The molecule has 1 heterocycles. The third-order valence-electron chi connectivity index (χ3n) is 3.60. The lowest BCUT2D eigenvalue weighted by Crippen LogP contribution is -2.09. The predicted octanol–water partition coefficient (Wildman–Crippen LogP) is 3.61. The summed E-state index contributed by atoms with van der Waals surface area (Å²) < 4.78 is 45.9. The molecule has 0 bridgehead atoms. The topological polar surface area (TPSA) is 87.5 Å². The van der Waals surface area contributed by atoms with Crippen molar-refractivity contribution in [1.82, 2.24) is 15.0 Å². The molecule has 0 radical (unpaired) electrons. The van der Waals surface area contributed by atoms with Crippen LogP contribution in [0.15, 0.2) is 48.7 Å². The van der Waals surface area contributed by atoms with E-state index in [0.717, 1.165) is 12.1 Å². The number of aromatic nitrogens is 3. The molecule has 134 valence electrons. The maximum atomic E-state index is 13.1. The summed E-state index contributed by atoms with van der Waals surface area (Å²) in [6, 6.07) is 13.3. The Morgan fingerprint density at radius 3 is 2.41 bits per heavy atom. The van der Waals surface area contributed by atoms with Crippen molar-refractivity contribution in [2.75, 3.05) is 0 Å². The van der Waals surface area contributed by atoms with Gasteiger partial charge in [0.1, 0.15) is 18.1 Å². The first-order valence-electron chi connectivity index (χ1n) is 7.56. The summed E-state index contributed by atoms with van der Waals surface area (Å²) in [4.78, 5) is 0. The van der Waals surface area contributed by atoms with Crippen LogP contribution in [-0.2, 0) is 12.8 Å². The van der Waals surface area contributed by atoms with Crippen molar-refractivity contribution in [1.29, 1.82) is 10.5 Å². The van der Waals surface area contributed by atoms with E-state index >= 15 is 0 Å². The zero-order valence-electron chi connectivity index (χ0n) is 13.6. The van der Waals surface area contributed by atoms with Crippen molar-refractivity contribution < 1.29 is 17.9 Å². The van der Waals surface area contributed by atoms with E-state index in [2.05, 4.69) is 10.3 Å². The van der Waals surface area contributed by atoms with Crippen LogP contribution in [0.25, 0.3) is 5.69 Å². The Labute approximate surface area is 151 Å². The monoisotopic (exact) mass is 369 g/mol. The molecule has 2 aromatic carbocycles. The van der Waals surface area contributed by atoms with Crippen LogP contribution in [0, 0.1) is 22.7 Å². The zero-order valence-corrected chi connectivity index (χ0v) is 13.6. The number of benzene rings is 2. The standard InChI is InChI=1S/C18H10F3N5O/c19-18(20,21)17-7-15(4-3-13(17)9-23)26-10-14(24-25-26)11-27-16-5-1-12(8-22)2-6-16/h1-7,10H,11H2. The largest absolute Gasteiger partial charge is 0.487 e. The molecule has 0 saturated heterocycles. The SMILES string of the molecule is N#Cc1ccc(OCc2cn(-c3ccc(C#N)c(C(F)(F)F)c3)nn2)cc1. The van der Waals surface area contributed by atoms with E-state index in [1.165, 1.54) is 23.0 Å². The average molecular weight is 369 g/mol. The van der Waals surface area contributed by atoms with Crippen molar-refractivity contribution in [2.24, 2.45) is 0 Å². The second kappa shape index (κ2) is 7.18. The highest BCUT2D eigenvalue weighted by molar-refractivity contribution is 5.47. The number of halogens is 3. The molecule has 0 N–H and O–H groups in total. The smallest absolute Gasteiger partial charge is 0.417 e. The fourth-order valence-electron chi connectivity index (χ4n) is 2.28. The van der Waals surface area contributed by atoms with Crippen LogP contribution in [0.5, 0.6) is 5.75 Å².